The smallest absolute Gasteiger partial charge is 0.387 e. The Kier molecular flexibility index (Phi) is 4.38. The molecule has 120 valence electrons. The fourth-order valence-corrected chi connectivity index (χ4v) is 3.25. The third-order valence-electron chi connectivity index (χ3n) is 3.45. The number of nitrogens with zero attached hydrogens (tertiary/aromatic N) is 2. The molecule has 0 atom stereocenters. The van der Waals surface area contributed by atoms with E-state index in [0.29, 0.717) is 15.8 Å². The molecule has 0 aliphatic carbocycles. The number of hydrogen-bond donors (Lipinski definition) is 0. The Morgan fingerprint density at radius 2 is 2.13 bits per heavy atom. The molecule has 0 saturated carbocycles. The first kappa shape index (κ1) is 15.6. The van der Waals surface area contributed by atoms with Crippen LogP contribution in [0.1, 0.15) is 17.4 Å². The van der Waals surface area contributed by atoms with Gasteiger partial charge in [-0.25, -0.2) is 4.98 Å². The van der Waals surface area contributed by atoms with Gasteiger partial charge in [0.2, 0.25) is 0 Å². The van der Waals surface area contributed by atoms with Gasteiger partial charge in [-0.2, -0.15) is 8.78 Å². The monoisotopic (exact) mass is 336 g/mol. The summed E-state index contributed by atoms with van der Waals surface area (Å²) in [6.45, 7) is -0.763. The Morgan fingerprint density at radius 3 is 2.87 bits per heavy atom. The van der Waals surface area contributed by atoms with Crippen LogP contribution in [-0.4, -0.2) is 16.2 Å². The van der Waals surface area contributed by atoms with E-state index in [0.717, 1.165) is 11.3 Å². The van der Waals surface area contributed by atoms with Crippen molar-refractivity contribution in [2.45, 2.75) is 26.5 Å². The lowest BCUT2D eigenvalue weighted by atomic mass is 10.2. The summed E-state index contributed by atoms with van der Waals surface area (Å²) in [7, 11) is 0. The van der Waals surface area contributed by atoms with Gasteiger partial charge in [0.25, 0.3) is 5.56 Å². The fourth-order valence-electron chi connectivity index (χ4n) is 2.33. The Hall–Kier alpha value is -2.28. The standard InChI is InChI=1S/C16H14F2N2O2S/c1-2-11-7-12-14(23-11)19-9-20(15(12)21)8-10-5-3-4-6-13(10)22-16(17)18/h3-7,9,16H,2,8H2,1H3. The molecule has 0 amide bonds. The van der Waals surface area contributed by atoms with Gasteiger partial charge in [0.05, 0.1) is 18.3 Å². The van der Waals surface area contributed by atoms with Gasteiger partial charge in [0, 0.05) is 10.4 Å². The van der Waals surface area contributed by atoms with Crippen molar-refractivity contribution >= 4 is 21.6 Å². The van der Waals surface area contributed by atoms with Gasteiger partial charge in [0.1, 0.15) is 10.6 Å². The molecule has 0 unspecified atom stereocenters. The largest absolute Gasteiger partial charge is 0.434 e. The fraction of sp³-hybridized carbons (Fsp3) is 0.250. The van der Waals surface area contributed by atoms with Gasteiger partial charge < -0.3 is 4.74 Å². The molecule has 4 nitrogen and oxygen atoms in total. The Balaban J connectivity index is 1.99. The summed E-state index contributed by atoms with van der Waals surface area (Å²) >= 11 is 1.49. The molecular formula is C16H14F2N2O2S. The van der Waals surface area contributed by atoms with Gasteiger partial charge >= 0.3 is 6.61 Å². The molecule has 3 rings (SSSR count). The number of halogens is 2. The van der Waals surface area contributed by atoms with Crippen LogP contribution in [0.4, 0.5) is 8.78 Å². The van der Waals surface area contributed by atoms with Crippen molar-refractivity contribution in [3.8, 4) is 5.75 Å². The minimum atomic E-state index is -2.91. The van der Waals surface area contributed by atoms with Crippen molar-refractivity contribution in [1.29, 1.82) is 0 Å². The number of thiophene rings is 1. The second kappa shape index (κ2) is 6.45. The number of alkyl halides is 2. The first-order valence-electron chi connectivity index (χ1n) is 7.09. The van der Waals surface area contributed by atoms with Crippen LogP contribution in [0.5, 0.6) is 5.75 Å². The Labute approximate surface area is 135 Å². The molecular weight excluding hydrogens is 322 g/mol. The number of hydrogen-bond acceptors (Lipinski definition) is 4. The maximum Gasteiger partial charge on any atom is 0.387 e. The van der Waals surface area contributed by atoms with Crippen LogP contribution in [0.15, 0.2) is 41.5 Å². The van der Waals surface area contributed by atoms with E-state index in [4.69, 9.17) is 0 Å². The predicted octanol–water partition coefficient (Wildman–Crippen LogP) is 3.67. The quantitative estimate of drug-likeness (QED) is 0.714. The van der Waals surface area contributed by atoms with Crippen LogP contribution in [0, 0.1) is 0 Å². The van der Waals surface area contributed by atoms with Crippen LogP contribution in [0.25, 0.3) is 10.2 Å². The molecule has 7 heteroatoms. The summed E-state index contributed by atoms with van der Waals surface area (Å²) in [4.78, 5) is 18.6. The average molecular weight is 336 g/mol. The molecule has 23 heavy (non-hydrogen) atoms. The summed E-state index contributed by atoms with van der Waals surface area (Å²) in [6, 6.07) is 8.27. The molecule has 0 fully saturated rings. The Morgan fingerprint density at radius 1 is 1.35 bits per heavy atom. The van der Waals surface area contributed by atoms with Gasteiger partial charge in [-0.05, 0) is 18.6 Å². The zero-order valence-electron chi connectivity index (χ0n) is 12.3. The second-order valence-electron chi connectivity index (χ2n) is 4.95. The molecule has 3 aromatic rings. The van der Waals surface area contributed by atoms with Gasteiger partial charge in [-0.15, -0.1) is 11.3 Å². The average Bonchev–Trinajstić information content (AvgIpc) is 2.95. The van der Waals surface area contributed by atoms with E-state index in [1.165, 1.54) is 28.3 Å². The van der Waals surface area contributed by atoms with E-state index in [1.54, 1.807) is 18.2 Å². The van der Waals surface area contributed by atoms with Gasteiger partial charge in [-0.3, -0.25) is 9.36 Å². The first-order valence-corrected chi connectivity index (χ1v) is 7.90. The van der Waals surface area contributed by atoms with E-state index >= 15 is 0 Å². The highest BCUT2D eigenvalue weighted by atomic mass is 32.1. The van der Waals surface area contributed by atoms with Crippen LogP contribution in [-0.2, 0) is 13.0 Å². The number of rotatable bonds is 5. The van der Waals surface area contributed by atoms with Crippen molar-refractivity contribution in [1.82, 2.24) is 9.55 Å². The van der Waals surface area contributed by atoms with Crippen molar-refractivity contribution in [2.75, 3.05) is 0 Å². The van der Waals surface area contributed by atoms with Gasteiger partial charge in [0.15, 0.2) is 0 Å². The number of para-hydroxylation sites is 1. The molecule has 0 aliphatic rings. The van der Waals surface area contributed by atoms with Crippen molar-refractivity contribution < 1.29 is 13.5 Å². The predicted molar refractivity (Wildman–Crippen MR) is 85.4 cm³/mol. The third kappa shape index (κ3) is 3.24. The number of benzene rings is 1. The second-order valence-corrected chi connectivity index (χ2v) is 6.06. The number of fused-ring (bicyclic) bond motifs is 1. The SMILES string of the molecule is CCc1cc2c(=O)n(Cc3ccccc3OC(F)F)cnc2s1. The van der Waals surface area contributed by atoms with E-state index in [1.807, 2.05) is 13.0 Å². The van der Waals surface area contributed by atoms with Crippen molar-refractivity contribution in [3.63, 3.8) is 0 Å². The number of aryl methyl sites for hydroxylation is 1. The molecule has 2 heterocycles. The van der Waals surface area contributed by atoms with E-state index in [-0.39, 0.29) is 17.9 Å². The highest BCUT2D eigenvalue weighted by molar-refractivity contribution is 7.18. The molecule has 0 spiro atoms. The third-order valence-corrected chi connectivity index (χ3v) is 4.63. The van der Waals surface area contributed by atoms with Crippen LogP contribution in [0.2, 0.25) is 0 Å². The Bertz CT molecular complexity index is 889. The molecule has 0 saturated heterocycles. The van der Waals surface area contributed by atoms with E-state index < -0.39 is 6.61 Å². The topological polar surface area (TPSA) is 44.1 Å². The number of ether oxygens (including phenoxy) is 1. The summed E-state index contributed by atoms with van der Waals surface area (Å²) in [5.41, 5.74) is 0.319. The minimum Gasteiger partial charge on any atom is -0.434 e. The van der Waals surface area contributed by atoms with Crippen molar-refractivity contribution in [2.24, 2.45) is 0 Å². The van der Waals surface area contributed by atoms with E-state index in [9.17, 15) is 13.6 Å². The normalized spacial score (nSPS) is 11.3. The molecule has 0 radical (unpaired) electrons. The lowest BCUT2D eigenvalue weighted by molar-refractivity contribution is -0.0504. The highest BCUT2D eigenvalue weighted by Crippen LogP contribution is 2.23. The van der Waals surface area contributed by atoms with Crippen LogP contribution in [0.3, 0.4) is 0 Å². The maximum absolute atomic E-state index is 12.5. The minimum absolute atomic E-state index is 0.0639. The maximum atomic E-state index is 12.5. The lowest BCUT2D eigenvalue weighted by Gasteiger charge is -2.11. The summed E-state index contributed by atoms with van der Waals surface area (Å²) < 4.78 is 30.8. The van der Waals surface area contributed by atoms with E-state index in [2.05, 4.69) is 9.72 Å². The summed E-state index contributed by atoms with van der Waals surface area (Å²) in [5.74, 6) is 0.0639. The first-order chi connectivity index (χ1) is 11.1. The zero-order valence-corrected chi connectivity index (χ0v) is 13.1. The zero-order chi connectivity index (χ0) is 16.4. The number of aromatic nitrogens is 2. The molecule has 0 aliphatic heterocycles. The molecule has 0 N–H and O–H groups in total. The molecule has 0 bridgehead atoms. The summed E-state index contributed by atoms with van der Waals surface area (Å²) in [5, 5.41) is 0.557. The molecule has 2 aromatic heterocycles. The highest BCUT2D eigenvalue weighted by Gasteiger charge is 2.12. The van der Waals surface area contributed by atoms with Gasteiger partial charge in [-0.1, -0.05) is 25.1 Å². The van der Waals surface area contributed by atoms with Crippen LogP contribution < -0.4 is 10.3 Å². The molecule has 1 aromatic carbocycles. The summed E-state index contributed by atoms with van der Waals surface area (Å²) in [6.07, 6.45) is 2.28. The lowest BCUT2D eigenvalue weighted by Crippen LogP contribution is -2.21. The van der Waals surface area contributed by atoms with Crippen molar-refractivity contribution in [3.05, 3.63) is 57.5 Å². The van der Waals surface area contributed by atoms with Crippen LogP contribution >= 0.6 is 11.3 Å².